The summed E-state index contributed by atoms with van der Waals surface area (Å²) in [6.45, 7) is 4.55. The molecule has 8 heteroatoms. The lowest BCUT2D eigenvalue weighted by Gasteiger charge is -2.24. The van der Waals surface area contributed by atoms with Gasteiger partial charge in [0, 0.05) is 12.5 Å². The van der Waals surface area contributed by atoms with Gasteiger partial charge in [-0.2, -0.15) is 22.0 Å². The number of aryl methyl sites for hydroxylation is 1. The number of rotatable bonds is 1. The smallest absolute Gasteiger partial charge is 0.251 e. The minimum absolute atomic E-state index is 0.236. The minimum atomic E-state index is -5.68. The lowest BCUT2D eigenvalue weighted by atomic mass is 9.89. The molecule has 3 nitrogen and oxygen atoms in total. The number of alkyl halides is 5. The van der Waals surface area contributed by atoms with Gasteiger partial charge < -0.3 is 0 Å². The van der Waals surface area contributed by atoms with Crippen molar-refractivity contribution in [3.05, 3.63) is 11.4 Å². The maximum atomic E-state index is 13.2. The number of halogens is 5. The zero-order chi connectivity index (χ0) is 13.6. The van der Waals surface area contributed by atoms with Crippen LogP contribution in [0.1, 0.15) is 32.2 Å². The molecule has 0 radical (unpaired) electrons. The maximum absolute atomic E-state index is 13.2. The van der Waals surface area contributed by atoms with Gasteiger partial charge in [0.25, 0.3) is 0 Å². The number of nitrogens with zero attached hydrogens (tertiary/aromatic N) is 3. The van der Waals surface area contributed by atoms with Crippen molar-refractivity contribution in [3.8, 4) is 0 Å². The van der Waals surface area contributed by atoms with Gasteiger partial charge in [-0.3, -0.25) is 4.68 Å². The highest BCUT2D eigenvalue weighted by Crippen LogP contribution is 2.45. The lowest BCUT2D eigenvalue weighted by Crippen LogP contribution is -2.36. The Bertz CT molecular complexity index is 413. The quantitative estimate of drug-likeness (QED) is 0.724. The van der Waals surface area contributed by atoms with Crippen molar-refractivity contribution in [3.63, 3.8) is 0 Å². The largest absolute Gasteiger partial charge is 0.459 e. The fourth-order valence-corrected chi connectivity index (χ4v) is 1.54. The molecule has 1 aromatic rings. The zero-order valence-electron chi connectivity index (χ0n) is 9.73. The van der Waals surface area contributed by atoms with Crippen LogP contribution >= 0.6 is 0 Å². The molecule has 0 atom stereocenters. The van der Waals surface area contributed by atoms with Gasteiger partial charge in [-0.1, -0.05) is 26.0 Å². The maximum Gasteiger partial charge on any atom is 0.459 e. The molecule has 1 heterocycles. The van der Waals surface area contributed by atoms with Crippen LogP contribution in [0, 0.1) is 0 Å². The molecule has 0 unspecified atom stereocenters. The standard InChI is InChI=1S/C9H12F5N3/c1-7(2,3)6-5(15-16-17(6)4)8(10,11)9(12,13)14/h1-4H3. The summed E-state index contributed by atoms with van der Waals surface area (Å²) in [6, 6.07) is 0. The van der Waals surface area contributed by atoms with Crippen molar-refractivity contribution >= 4 is 0 Å². The number of aromatic nitrogens is 3. The molecule has 0 bridgehead atoms. The summed E-state index contributed by atoms with van der Waals surface area (Å²) in [5, 5.41) is 6.21. The topological polar surface area (TPSA) is 30.7 Å². The summed E-state index contributed by atoms with van der Waals surface area (Å²) in [6.07, 6.45) is -5.68. The van der Waals surface area contributed by atoms with Gasteiger partial charge in [-0.25, -0.2) is 0 Å². The Morgan fingerprint density at radius 1 is 1.00 bits per heavy atom. The molecule has 0 fully saturated rings. The van der Waals surface area contributed by atoms with Crippen molar-refractivity contribution in [2.24, 2.45) is 7.05 Å². The van der Waals surface area contributed by atoms with Crippen LogP contribution in [-0.2, 0) is 18.4 Å². The number of hydrogen-bond acceptors (Lipinski definition) is 2. The third kappa shape index (κ3) is 2.25. The van der Waals surface area contributed by atoms with Gasteiger partial charge in [-0.05, 0) is 0 Å². The van der Waals surface area contributed by atoms with E-state index in [4.69, 9.17) is 0 Å². The van der Waals surface area contributed by atoms with Gasteiger partial charge in [-0.15, -0.1) is 5.10 Å². The van der Waals surface area contributed by atoms with E-state index in [1.165, 1.54) is 27.8 Å². The molecule has 0 aliphatic rings. The first-order chi connectivity index (χ1) is 7.39. The highest BCUT2D eigenvalue weighted by atomic mass is 19.4. The molecular formula is C9H12F5N3. The molecule has 0 N–H and O–H groups in total. The van der Waals surface area contributed by atoms with E-state index >= 15 is 0 Å². The zero-order valence-corrected chi connectivity index (χ0v) is 9.73. The summed E-state index contributed by atoms with van der Waals surface area (Å²) in [5.74, 6) is -5.00. The Kier molecular flexibility index (Phi) is 2.97. The van der Waals surface area contributed by atoms with Crippen LogP contribution < -0.4 is 0 Å². The molecule has 0 amide bonds. The molecular weight excluding hydrogens is 245 g/mol. The van der Waals surface area contributed by atoms with Crippen molar-refractivity contribution in [1.29, 1.82) is 0 Å². The lowest BCUT2D eigenvalue weighted by molar-refractivity contribution is -0.291. The number of hydrogen-bond donors (Lipinski definition) is 0. The molecule has 0 aliphatic carbocycles. The van der Waals surface area contributed by atoms with Crippen molar-refractivity contribution < 1.29 is 22.0 Å². The highest BCUT2D eigenvalue weighted by molar-refractivity contribution is 5.24. The SMILES string of the molecule is Cn1nnc(C(F)(F)C(F)(F)F)c1C(C)(C)C. The second-order valence-electron chi connectivity index (χ2n) is 4.73. The molecule has 0 spiro atoms. The van der Waals surface area contributed by atoms with Crippen LogP contribution in [0.25, 0.3) is 0 Å². The van der Waals surface area contributed by atoms with E-state index in [0.29, 0.717) is 0 Å². The van der Waals surface area contributed by atoms with Crippen LogP contribution in [-0.4, -0.2) is 21.2 Å². The van der Waals surface area contributed by atoms with Crippen molar-refractivity contribution in [2.45, 2.75) is 38.3 Å². The summed E-state index contributed by atoms with van der Waals surface area (Å²) < 4.78 is 64.2. The van der Waals surface area contributed by atoms with Crippen LogP contribution in [0.2, 0.25) is 0 Å². The first-order valence-corrected chi connectivity index (χ1v) is 4.74. The Labute approximate surface area is 94.6 Å². The van der Waals surface area contributed by atoms with Gasteiger partial charge in [0.05, 0.1) is 5.69 Å². The van der Waals surface area contributed by atoms with E-state index < -0.39 is 23.2 Å². The van der Waals surface area contributed by atoms with Crippen LogP contribution in [0.15, 0.2) is 0 Å². The molecule has 0 saturated carbocycles. The fraction of sp³-hybridized carbons (Fsp3) is 0.778. The molecule has 17 heavy (non-hydrogen) atoms. The first kappa shape index (κ1) is 13.9. The minimum Gasteiger partial charge on any atom is -0.251 e. The average molecular weight is 257 g/mol. The predicted molar refractivity (Wildman–Crippen MR) is 49.7 cm³/mol. The van der Waals surface area contributed by atoms with Crippen molar-refractivity contribution in [1.82, 2.24) is 15.0 Å². The second kappa shape index (κ2) is 3.64. The van der Waals surface area contributed by atoms with E-state index in [0.717, 1.165) is 4.68 Å². The Morgan fingerprint density at radius 3 is 1.82 bits per heavy atom. The molecule has 0 aliphatic heterocycles. The summed E-state index contributed by atoms with van der Waals surface area (Å²) in [5.41, 5.74) is -2.48. The Balaban J connectivity index is 3.45. The van der Waals surface area contributed by atoms with Gasteiger partial charge in [0.15, 0.2) is 5.69 Å². The normalized spacial score (nSPS) is 14.2. The third-order valence-corrected chi connectivity index (χ3v) is 2.19. The molecule has 1 aromatic heterocycles. The molecule has 1 rings (SSSR count). The van der Waals surface area contributed by atoms with E-state index in [-0.39, 0.29) is 5.69 Å². The molecule has 0 saturated heterocycles. The predicted octanol–water partition coefficient (Wildman–Crippen LogP) is 2.77. The molecule has 98 valence electrons. The summed E-state index contributed by atoms with van der Waals surface area (Å²) in [4.78, 5) is 0. The highest BCUT2D eigenvalue weighted by Gasteiger charge is 2.62. The Hall–Kier alpha value is -1.21. The Morgan fingerprint density at radius 2 is 1.47 bits per heavy atom. The van der Waals surface area contributed by atoms with Gasteiger partial charge >= 0.3 is 12.1 Å². The first-order valence-electron chi connectivity index (χ1n) is 4.74. The fourth-order valence-electron chi connectivity index (χ4n) is 1.54. The van der Waals surface area contributed by atoms with Crippen LogP contribution in [0.5, 0.6) is 0 Å². The monoisotopic (exact) mass is 257 g/mol. The van der Waals surface area contributed by atoms with Crippen LogP contribution in [0.4, 0.5) is 22.0 Å². The van der Waals surface area contributed by atoms with Gasteiger partial charge in [0.2, 0.25) is 0 Å². The van der Waals surface area contributed by atoms with E-state index in [1.54, 1.807) is 0 Å². The van der Waals surface area contributed by atoms with Crippen LogP contribution in [0.3, 0.4) is 0 Å². The van der Waals surface area contributed by atoms with E-state index in [9.17, 15) is 22.0 Å². The van der Waals surface area contributed by atoms with E-state index in [2.05, 4.69) is 10.3 Å². The van der Waals surface area contributed by atoms with Crippen molar-refractivity contribution in [2.75, 3.05) is 0 Å². The summed E-state index contributed by atoms with van der Waals surface area (Å²) >= 11 is 0. The van der Waals surface area contributed by atoms with E-state index in [1.807, 2.05) is 0 Å². The summed E-state index contributed by atoms with van der Waals surface area (Å²) in [7, 11) is 1.28. The average Bonchev–Trinajstić information content (AvgIpc) is 2.44. The second-order valence-corrected chi connectivity index (χ2v) is 4.73. The van der Waals surface area contributed by atoms with Gasteiger partial charge in [0.1, 0.15) is 0 Å². The third-order valence-electron chi connectivity index (χ3n) is 2.19. The molecule has 0 aromatic carbocycles.